The second-order valence-corrected chi connectivity index (χ2v) is 9.56. The van der Waals surface area contributed by atoms with Crippen LogP contribution in [0.3, 0.4) is 0 Å². The standard InChI is InChI=1S/C20H27ClN4O2S/c1-20(2,3)27-19(26)24-14-8-10-25(11-9-14)17-7-5-4-6-16(17)22-12-15-13-23-18(21)28-15/h4-7,13-14,22H,8-12H2,1-3H3,(H,24,26). The Morgan fingerprint density at radius 1 is 1.32 bits per heavy atom. The molecule has 1 aromatic carbocycles. The minimum atomic E-state index is -0.474. The van der Waals surface area contributed by atoms with Crippen molar-refractivity contribution in [3.05, 3.63) is 39.8 Å². The van der Waals surface area contributed by atoms with E-state index in [2.05, 4.69) is 38.7 Å². The summed E-state index contributed by atoms with van der Waals surface area (Å²) >= 11 is 7.40. The Bertz CT molecular complexity index is 797. The molecule has 1 aliphatic rings. The van der Waals surface area contributed by atoms with Gasteiger partial charge in [0.25, 0.3) is 0 Å². The van der Waals surface area contributed by atoms with Crippen LogP contribution in [-0.2, 0) is 11.3 Å². The molecule has 0 atom stereocenters. The molecule has 0 bridgehead atoms. The third-order valence-electron chi connectivity index (χ3n) is 4.44. The molecular weight excluding hydrogens is 396 g/mol. The second kappa shape index (κ2) is 9.01. The van der Waals surface area contributed by atoms with Crippen LogP contribution in [0, 0.1) is 0 Å². The lowest BCUT2D eigenvalue weighted by Gasteiger charge is -2.35. The van der Waals surface area contributed by atoms with Gasteiger partial charge >= 0.3 is 6.09 Å². The lowest BCUT2D eigenvalue weighted by atomic mass is 10.0. The molecule has 0 saturated carbocycles. The van der Waals surface area contributed by atoms with Crippen LogP contribution in [0.1, 0.15) is 38.5 Å². The number of para-hydroxylation sites is 2. The van der Waals surface area contributed by atoms with Crippen LogP contribution in [0.15, 0.2) is 30.5 Å². The fourth-order valence-corrected chi connectivity index (χ4v) is 4.10. The predicted octanol–water partition coefficient (Wildman–Crippen LogP) is 4.90. The van der Waals surface area contributed by atoms with Crippen molar-refractivity contribution >= 4 is 40.4 Å². The average Bonchev–Trinajstić information content (AvgIpc) is 3.05. The number of benzene rings is 1. The molecule has 8 heteroatoms. The quantitative estimate of drug-likeness (QED) is 0.717. The normalized spacial score (nSPS) is 15.4. The van der Waals surface area contributed by atoms with Gasteiger partial charge in [0.1, 0.15) is 5.60 Å². The summed E-state index contributed by atoms with van der Waals surface area (Å²) in [6, 6.07) is 8.44. The van der Waals surface area contributed by atoms with Crippen molar-refractivity contribution in [1.29, 1.82) is 0 Å². The number of rotatable bonds is 5. The highest BCUT2D eigenvalue weighted by molar-refractivity contribution is 7.15. The third kappa shape index (κ3) is 6.01. The summed E-state index contributed by atoms with van der Waals surface area (Å²) in [6.45, 7) is 8.08. The molecule has 1 amide bonds. The molecule has 2 heterocycles. The number of anilines is 2. The van der Waals surface area contributed by atoms with Crippen molar-refractivity contribution in [2.24, 2.45) is 0 Å². The van der Waals surface area contributed by atoms with Gasteiger partial charge in [0, 0.05) is 30.2 Å². The molecule has 0 unspecified atom stereocenters. The van der Waals surface area contributed by atoms with Crippen LogP contribution in [0.25, 0.3) is 0 Å². The van der Waals surface area contributed by atoms with E-state index in [0.717, 1.165) is 36.5 Å². The number of nitrogens with one attached hydrogen (secondary N) is 2. The second-order valence-electron chi connectivity index (χ2n) is 7.86. The van der Waals surface area contributed by atoms with Crippen molar-refractivity contribution < 1.29 is 9.53 Å². The third-order valence-corrected chi connectivity index (χ3v) is 5.55. The number of thiazole rings is 1. The van der Waals surface area contributed by atoms with Crippen molar-refractivity contribution in [2.75, 3.05) is 23.3 Å². The zero-order chi connectivity index (χ0) is 20.1. The summed E-state index contributed by atoms with van der Waals surface area (Å²) in [5.74, 6) is 0. The Balaban J connectivity index is 1.55. The fourth-order valence-electron chi connectivity index (χ4n) is 3.19. The van der Waals surface area contributed by atoms with E-state index in [4.69, 9.17) is 16.3 Å². The number of carbonyl (C=O) groups is 1. The molecule has 0 spiro atoms. The van der Waals surface area contributed by atoms with Crippen LogP contribution in [0.5, 0.6) is 0 Å². The molecule has 2 N–H and O–H groups in total. The molecule has 6 nitrogen and oxygen atoms in total. The maximum absolute atomic E-state index is 12.0. The Morgan fingerprint density at radius 2 is 2.04 bits per heavy atom. The molecule has 152 valence electrons. The smallest absolute Gasteiger partial charge is 0.407 e. The van der Waals surface area contributed by atoms with E-state index in [9.17, 15) is 4.79 Å². The van der Waals surface area contributed by atoms with Gasteiger partial charge in [-0.25, -0.2) is 9.78 Å². The first-order valence-corrected chi connectivity index (χ1v) is 10.7. The van der Waals surface area contributed by atoms with Gasteiger partial charge in [0.15, 0.2) is 4.47 Å². The number of carbonyl (C=O) groups excluding carboxylic acids is 1. The molecule has 3 rings (SSSR count). The first-order chi connectivity index (χ1) is 13.3. The topological polar surface area (TPSA) is 66.5 Å². The lowest BCUT2D eigenvalue weighted by Crippen LogP contribution is -2.46. The number of halogens is 1. The first-order valence-electron chi connectivity index (χ1n) is 9.48. The van der Waals surface area contributed by atoms with Gasteiger partial charge in [-0.05, 0) is 45.7 Å². The highest BCUT2D eigenvalue weighted by Gasteiger charge is 2.24. The summed E-state index contributed by atoms with van der Waals surface area (Å²) in [6.07, 6.45) is 3.24. The van der Waals surface area contributed by atoms with Crippen molar-refractivity contribution in [1.82, 2.24) is 10.3 Å². The van der Waals surface area contributed by atoms with Crippen molar-refractivity contribution in [2.45, 2.75) is 51.8 Å². The zero-order valence-corrected chi connectivity index (χ0v) is 18.1. The summed E-state index contributed by atoms with van der Waals surface area (Å²) in [4.78, 5) is 19.5. The average molecular weight is 423 g/mol. The zero-order valence-electron chi connectivity index (χ0n) is 16.5. The predicted molar refractivity (Wildman–Crippen MR) is 115 cm³/mol. The van der Waals surface area contributed by atoms with Crippen molar-refractivity contribution in [3.63, 3.8) is 0 Å². The van der Waals surface area contributed by atoms with E-state index in [1.807, 2.05) is 26.8 Å². The van der Waals surface area contributed by atoms with Crippen LogP contribution in [0.2, 0.25) is 4.47 Å². The Hall–Kier alpha value is -1.99. The minimum absolute atomic E-state index is 0.144. The molecular formula is C20H27ClN4O2S. The van der Waals surface area contributed by atoms with E-state index in [1.54, 1.807) is 6.20 Å². The van der Waals surface area contributed by atoms with E-state index in [1.165, 1.54) is 17.0 Å². The van der Waals surface area contributed by atoms with Crippen molar-refractivity contribution in [3.8, 4) is 0 Å². The first kappa shape index (κ1) is 20.7. The number of ether oxygens (including phenoxy) is 1. The van der Waals surface area contributed by atoms with Gasteiger partial charge in [-0.2, -0.15) is 0 Å². The summed E-state index contributed by atoms with van der Waals surface area (Å²) < 4.78 is 5.92. The van der Waals surface area contributed by atoms with Gasteiger partial charge < -0.3 is 20.3 Å². The largest absolute Gasteiger partial charge is 0.444 e. The maximum Gasteiger partial charge on any atom is 0.407 e. The molecule has 0 radical (unpaired) electrons. The van der Waals surface area contributed by atoms with E-state index in [0.29, 0.717) is 11.0 Å². The van der Waals surface area contributed by atoms with Crippen LogP contribution < -0.4 is 15.5 Å². The molecule has 1 saturated heterocycles. The van der Waals surface area contributed by atoms with Crippen LogP contribution in [-0.4, -0.2) is 35.8 Å². The molecule has 1 aliphatic heterocycles. The number of piperidine rings is 1. The summed E-state index contributed by atoms with van der Waals surface area (Å²) in [5.41, 5.74) is 1.79. The Kier molecular flexibility index (Phi) is 6.67. The van der Waals surface area contributed by atoms with Gasteiger partial charge in [0.05, 0.1) is 17.9 Å². The Morgan fingerprint density at radius 3 is 2.68 bits per heavy atom. The fraction of sp³-hybridized carbons (Fsp3) is 0.500. The Labute approximate surface area is 175 Å². The number of hydrogen-bond acceptors (Lipinski definition) is 6. The number of aromatic nitrogens is 1. The van der Waals surface area contributed by atoms with E-state index >= 15 is 0 Å². The maximum atomic E-state index is 12.0. The van der Waals surface area contributed by atoms with Crippen LogP contribution in [0.4, 0.5) is 16.2 Å². The van der Waals surface area contributed by atoms with Gasteiger partial charge in [-0.3, -0.25) is 0 Å². The molecule has 0 aliphatic carbocycles. The SMILES string of the molecule is CC(C)(C)OC(=O)NC1CCN(c2ccccc2NCc2cnc(Cl)s2)CC1. The number of alkyl carbamates (subject to hydrolysis) is 1. The minimum Gasteiger partial charge on any atom is -0.444 e. The molecule has 1 fully saturated rings. The molecule has 2 aromatic rings. The van der Waals surface area contributed by atoms with E-state index in [-0.39, 0.29) is 12.1 Å². The van der Waals surface area contributed by atoms with Gasteiger partial charge in [-0.1, -0.05) is 23.7 Å². The lowest BCUT2D eigenvalue weighted by molar-refractivity contribution is 0.0497. The van der Waals surface area contributed by atoms with Gasteiger partial charge in [-0.15, -0.1) is 11.3 Å². The number of nitrogens with zero attached hydrogens (tertiary/aromatic N) is 2. The number of amides is 1. The van der Waals surface area contributed by atoms with E-state index < -0.39 is 5.60 Å². The van der Waals surface area contributed by atoms with Gasteiger partial charge in [0.2, 0.25) is 0 Å². The number of hydrogen-bond donors (Lipinski definition) is 2. The molecule has 1 aromatic heterocycles. The highest BCUT2D eigenvalue weighted by Crippen LogP contribution is 2.29. The van der Waals surface area contributed by atoms with Crippen LogP contribution >= 0.6 is 22.9 Å². The summed E-state index contributed by atoms with van der Waals surface area (Å²) in [5, 5.41) is 6.48. The highest BCUT2D eigenvalue weighted by atomic mass is 35.5. The monoisotopic (exact) mass is 422 g/mol. The molecule has 28 heavy (non-hydrogen) atoms. The summed E-state index contributed by atoms with van der Waals surface area (Å²) in [7, 11) is 0.